The van der Waals surface area contributed by atoms with Crippen LogP contribution in [0.3, 0.4) is 0 Å². The standard InChI is InChI=1S/C31H29F2N5O3/c1-20-2-4-24(17-25(20)33)38-28(21-6-11-34-12-7-21)18-26(35-38)30(41)36-14-9-31(10-15-36)29(40)8-13-37(31)27-5-3-23(32)16-22(27)19-39/h2-7,11-12,16-18,39H,8-10,13-15,19H2,1H3. The van der Waals surface area contributed by atoms with E-state index in [0.29, 0.717) is 67.1 Å². The lowest BCUT2D eigenvalue weighted by molar-refractivity contribution is -0.123. The minimum Gasteiger partial charge on any atom is -0.392 e. The molecular formula is C31H29F2N5O3. The number of aromatic nitrogens is 3. The number of anilines is 1. The van der Waals surface area contributed by atoms with Gasteiger partial charge in [-0.3, -0.25) is 14.6 Å². The van der Waals surface area contributed by atoms with Crippen molar-refractivity contribution in [2.45, 2.75) is 38.3 Å². The molecule has 1 spiro atoms. The first-order chi connectivity index (χ1) is 19.8. The predicted octanol–water partition coefficient (Wildman–Crippen LogP) is 4.47. The van der Waals surface area contributed by atoms with Crippen molar-refractivity contribution in [1.29, 1.82) is 0 Å². The third kappa shape index (κ3) is 4.67. The molecule has 210 valence electrons. The van der Waals surface area contributed by atoms with Gasteiger partial charge in [0.1, 0.15) is 17.2 Å². The van der Waals surface area contributed by atoms with Gasteiger partial charge in [-0.15, -0.1) is 0 Å². The number of Topliss-reactive ketones (excluding diaryl/α,β-unsaturated/α-hetero) is 1. The monoisotopic (exact) mass is 557 g/mol. The van der Waals surface area contributed by atoms with E-state index in [2.05, 4.69) is 10.1 Å². The molecule has 6 rings (SSSR count). The maximum Gasteiger partial charge on any atom is 0.274 e. The summed E-state index contributed by atoms with van der Waals surface area (Å²) in [6, 6.07) is 14.3. The molecule has 41 heavy (non-hydrogen) atoms. The largest absolute Gasteiger partial charge is 0.392 e. The van der Waals surface area contributed by atoms with Gasteiger partial charge < -0.3 is 14.9 Å². The van der Waals surface area contributed by atoms with Crippen molar-refractivity contribution in [3.05, 3.63) is 95.4 Å². The van der Waals surface area contributed by atoms with Crippen LogP contribution in [0.25, 0.3) is 16.9 Å². The normalized spacial score (nSPS) is 16.5. The van der Waals surface area contributed by atoms with Crippen molar-refractivity contribution in [3.8, 4) is 16.9 Å². The predicted molar refractivity (Wildman–Crippen MR) is 149 cm³/mol. The van der Waals surface area contributed by atoms with Gasteiger partial charge in [-0.05, 0) is 73.9 Å². The Bertz CT molecular complexity index is 1630. The number of aliphatic hydroxyl groups excluding tert-OH is 1. The molecule has 10 heteroatoms. The summed E-state index contributed by atoms with van der Waals surface area (Å²) >= 11 is 0. The third-order valence-corrected chi connectivity index (χ3v) is 8.28. The number of likely N-dealkylation sites (tertiary alicyclic amines) is 1. The van der Waals surface area contributed by atoms with Crippen LogP contribution in [0, 0.1) is 18.6 Å². The molecule has 1 amide bonds. The summed E-state index contributed by atoms with van der Waals surface area (Å²) in [5.74, 6) is -1.01. The molecule has 2 aliphatic heterocycles. The number of hydrogen-bond donors (Lipinski definition) is 1. The molecule has 2 aromatic heterocycles. The third-order valence-electron chi connectivity index (χ3n) is 8.28. The summed E-state index contributed by atoms with van der Waals surface area (Å²) in [7, 11) is 0. The molecule has 0 radical (unpaired) electrons. The first-order valence-electron chi connectivity index (χ1n) is 13.6. The Morgan fingerprint density at radius 3 is 2.46 bits per heavy atom. The SMILES string of the molecule is Cc1ccc(-n2nc(C(=O)N3CCC4(CC3)C(=O)CCN4c3ccc(F)cc3CO)cc2-c2ccncc2)cc1F. The van der Waals surface area contributed by atoms with Gasteiger partial charge in [0.15, 0.2) is 11.5 Å². The van der Waals surface area contributed by atoms with E-state index in [9.17, 15) is 23.5 Å². The zero-order chi connectivity index (χ0) is 28.7. The van der Waals surface area contributed by atoms with Gasteiger partial charge in [-0.1, -0.05) is 6.07 Å². The van der Waals surface area contributed by atoms with E-state index in [0.717, 1.165) is 5.56 Å². The van der Waals surface area contributed by atoms with Crippen LogP contribution in [0.2, 0.25) is 0 Å². The molecule has 0 saturated carbocycles. The van der Waals surface area contributed by atoms with Gasteiger partial charge >= 0.3 is 0 Å². The lowest BCUT2D eigenvalue weighted by Crippen LogP contribution is -2.57. The Morgan fingerprint density at radius 2 is 1.76 bits per heavy atom. The number of ketones is 1. The molecule has 0 atom stereocenters. The van der Waals surface area contributed by atoms with Gasteiger partial charge in [0, 0.05) is 55.3 Å². The van der Waals surface area contributed by atoms with Gasteiger partial charge in [0.2, 0.25) is 0 Å². The molecule has 0 aliphatic carbocycles. The number of halogens is 2. The van der Waals surface area contributed by atoms with E-state index < -0.39 is 11.4 Å². The van der Waals surface area contributed by atoms with Gasteiger partial charge in [-0.25, -0.2) is 13.5 Å². The van der Waals surface area contributed by atoms with Crippen molar-refractivity contribution in [3.63, 3.8) is 0 Å². The highest BCUT2D eigenvalue weighted by Gasteiger charge is 2.50. The number of piperidine rings is 1. The molecule has 2 aliphatic rings. The Kier molecular flexibility index (Phi) is 6.86. The van der Waals surface area contributed by atoms with Crippen molar-refractivity contribution < 1.29 is 23.5 Å². The van der Waals surface area contributed by atoms with Gasteiger partial charge in [0.05, 0.1) is 18.0 Å². The van der Waals surface area contributed by atoms with Gasteiger partial charge in [0.25, 0.3) is 5.91 Å². The lowest BCUT2D eigenvalue weighted by Gasteiger charge is -2.45. The summed E-state index contributed by atoms with van der Waals surface area (Å²) in [6.07, 6.45) is 4.44. The summed E-state index contributed by atoms with van der Waals surface area (Å²) in [5, 5.41) is 14.4. The Morgan fingerprint density at radius 1 is 1.00 bits per heavy atom. The van der Waals surface area contributed by atoms with Crippen LogP contribution in [0.4, 0.5) is 14.5 Å². The average molecular weight is 558 g/mol. The number of rotatable bonds is 5. The quantitative estimate of drug-likeness (QED) is 0.390. The minimum absolute atomic E-state index is 0.0865. The number of carbonyl (C=O) groups excluding carboxylic acids is 2. The van der Waals surface area contributed by atoms with E-state index in [1.807, 2.05) is 4.90 Å². The molecule has 2 fully saturated rings. The number of carbonyl (C=O) groups is 2. The zero-order valence-electron chi connectivity index (χ0n) is 22.6. The Balaban J connectivity index is 1.28. The van der Waals surface area contributed by atoms with Crippen molar-refractivity contribution in [2.75, 3.05) is 24.5 Å². The number of benzene rings is 2. The number of nitrogens with zero attached hydrogens (tertiary/aromatic N) is 5. The van der Waals surface area contributed by atoms with E-state index in [1.54, 1.807) is 65.3 Å². The zero-order valence-corrected chi connectivity index (χ0v) is 22.6. The maximum atomic E-state index is 14.5. The molecule has 0 unspecified atom stereocenters. The maximum absolute atomic E-state index is 14.5. The Labute approximate surface area is 235 Å². The summed E-state index contributed by atoms with van der Waals surface area (Å²) < 4.78 is 29.9. The molecule has 4 aromatic rings. The van der Waals surface area contributed by atoms with Crippen LogP contribution in [0.1, 0.15) is 40.9 Å². The fourth-order valence-electron chi connectivity index (χ4n) is 6.02. The molecule has 1 N–H and O–H groups in total. The topological polar surface area (TPSA) is 91.6 Å². The van der Waals surface area contributed by atoms with Crippen molar-refractivity contribution >= 4 is 17.4 Å². The van der Waals surface area contributed by atoms with Crippen LogP contribution in [0.15, 0.2) is 67.0 Å². The minimum atomic E-state index is -0.820. The molecule has 2 saturated heterocycles. The molecule has 8 nitrogen and oxygen atoms in total. The number of amides is 1. The number of aliphatic hydroxyl groups is 1. The molecule has 4 heterocycles. The van der Waals surface area contributed by atoms with Crippen LogP contribution in [0.5, 0.6) is 0 Å². The second kappa shape index (κ2) is 10.5. The summed E-state index contributed by atoms with van der Waals surface area (Å²) in [4.78, 5) is 34.7. The van der Waals surface area contributed by atoms with Crippen LogP contribution < -0.4 is 4.90 Å². The number of hydrogen-bond acceptors (Lipinski definition) is 6. The second-order valence-corrected chi connectivity index (χ2v) is 10.6. The van der Waals surface area contributed by atoms with Gasteiger partial charge in [-0.2, -0.15) is 5.10 Å². The first-order valence-corrected chi connectivity index (χ1v) is 13.6. The Hall–Kier alpha value is -4.44. The smallest absolute Gasteiger partial charge is 0.274 e. The van der Waals surface area contributed by atoms with E-state index in [4.69, 9.17) is 0 Å². The van der Waals surface area contributed by atoms with Crippen LogP contribution in [-0.2, 0) is 11.4 Å². The van der Waals surface area contributed by atoms with Crippen LogP contribution >= 0.6 is 0 Å². The average Bonchev–Trinajstić information content (AvgIpc) is 3.57. The fourth-order valence-corrected chi connectivity index (χ4v) is 6.02. The number of pyridine rings is 1. The molecule has 2 aromatic carbocycles. The summed E-state index contributed by atoms with van der Waals surface area (Å²) in [5.41, 5.74) is 2.86. The molecule has 0 bridgehead atoms. The molecular weight excluding hydrogens is 528 g/mol. The number of aryl methyl sites for hydroxylation is 1. The fraction of sp³-hybridized carbons (Fsp3) is 0.290. The lowest BCUT2D eigenvalue weighted by atomic mass is 9.83. The second-order valence-electron chi connectivity index (χ2n) is 10.6. The first kappa shape index (κ1) is 26.8. The van der Waals surface area contributed by atoms with E-state index in [1.165, 1.54) is 18.2 Å². The highest BCUT2D eigenvalue weighted by molar-refractivity contribution is 5.97. The van der Waals surface area contributed by atoms with E-state index in [-0.39, 0.29) is 29.8 Å². The van der Waals surface area contributed by atoms with Crippen LogP contribution in [-0.4, -0.2) is 61.6 Å². The highest BCUT2D eigenvalue weighted by atomic mass is 19.1. The van der Waals surface area contributed by atoms with E-state index >= 15 is 0 Å². The summed E-state index contributed by atoms with van der Waals surface area (Å²) in [6.45, 7) is 2.46. The highest BCUT2D eigenvalue weighted by Crippen LogP contribution is 2.41. The van der Waals surface area contributed by atoms with Crippen molar-refractivity contribution in [1.82, 2.24) is 19.7 Å². The van der Waals surface area contributed by atoms with Crippen molar-refractivity contribution in [2.24, 2.45) is 0 Å².